The molecule has 20 heavy (non-hydrogen) atoms. The van der Waals surface area contributed by atoms with Crippen molar-refractivity contribution in [2.45, 2.75) is 6.92 Å². The van der Waals surface area contributed by atoms with Crippen LogP contribution in [0.25, 0.3) is 10.9 Å². The van der Waals surface area contributed by atoms with Crippen molar-refractivity contribution in [1.29, 1.82) is 0 Å². The van der Waals surface area contributed by atoms with E-state index in [0.29, 0.717) is 9.99 Å². The van der Waals surface area contributed by atoms with Crippen molar-refractivity contribution < 1.29 is 23.5 Å². The van der Waals surface area contributed by atoms with Gasteiger partial charge in [0.2, 0.25) is 5.78 Å². The highest BCUT2D eigenvalue weighted by Gasteiger charge is 2.25. The molecule has 0 saturated heterocycles. The molecule has 0 aliphatic rings. The van der Waals surface area contributed by atoms with E-state index in [9.17, 15) is 18.8 Å². The number of nitrogens with one attached hydrogen (secondary N) is 1. The van der Waals surface area contributed by atoms with Gasteiger partial charge in [-0.15, -0.1) is 0 Å². The summed E-state index contributed by atoms with van der Waals surface area (Å²) in [5.74, 6) is -3.07. The van der Waals surface area contributed by atoms with E-state index in [2.05, 4.69) is 20.9 Å². The van der Waals surface area contributed by atoms with E-state index in [1.807, 2.05) is 0 Å². The monoisotopic (exact) mass is 361 g/mol. The second kappa shape index (κ2) is 5.34. The van der Waals surface area contributed by atoms with Gasteiger partial charge in [0, 0.05) is 17.6 Å². The predicted octanol–water partition coefficient (Wildman–Crippen LogP) is 2.94. The molecule has 5 nitrogen and oxygen atoms in total. The maximum absolute atomic E-state index is 13.9. The fourth-order valence-corrected chi connectivity index (χ4v) is 2.36. The van der Waals surface area contributed by atoms with Crippen molar-refractivity contribution in [3.05, 3.63) is 28.1 Å². The number of benzene rings is 1. The maximum atomic E-state index is 13.9. The topological polar surface area (TPSA) is 76.2 Å². The Balaban J connectivity index is 2.82. The molecule has 0 atom stereocenters. The molecule has 0 aliphatic heterocycles. The molecule has 0 amide bonds. The average Bonchev–Trinajstić information content (AvgIpc) is 2.77. The lowest BCUT2D eigenvalue weighted by atomic mass is 10.1. The van der Waals surface area contributed by atoms with E-state index in [0.717, 1.165) is 13.0 Å². The standard InChI is InChI=1S/C12H6BrClFNO4/c1-4(17)20-11-7(15)2-6(13)9-8(11)5(3-16-9)10(18)12(14)19/h2-3,16H,1H3. The number of carbonyl (C=O) groups excluding carboxylic acids is 3. The summed E-state index contributed by atoms with van der Waals surface area (Å²) in [5.41, 5.74) is 0.139. The normalized spacial score (nSPS) is 10.6. The minimum atomic E-state index is -1.22. The fourth-order valence-electron chi connectivity index (χ4n) is 1.74. The minimum absolute atomic E-state index is 0.0222. The van der Waals surface area contributed by atoms with E-state index < -0.39 is 28.6 Å². The van der Waals surface area contributed by atoms with Crippen LogP contribution in [0.3, 0.4) is 0 Å². The van der Waals surface area contributed by atoms with Crippen LogP contribution in [0.2, 0.25) is 0 Å². The number of H-pyrrole nitrogens is 1. The summed E-state index contributed by atoms with van der Waals surface area (Å²) in [7, 11) is 0. The molecule has 0 bridgehead atoms. The molecule has 0 radical (unpaired) electrons. The molecule has 1 N–H and O–H groups in total. The molecular formula is C12H6BrClFNO4. The smallest absolute Gasteiger partial charge is 0.308 e. The van der Waals surface area contributed by atoms with Crippen LogP contribution in [0.5, 0.6) is 5.75 Å². The van der Waals surface area contributed by atoms with Gasteiger partial charge in [0.15, 0.2) is 11.6 Å². The van der Waals surface area contributed by atoms with E-state index >= 15 is 0 Å². The minimum Gasteiger partial charge on any atom is -0.423 e. The summed E-state index contributed by atoms with van der Waals surface area (Å²) in [6.45, 7) is 1.09. The number of halogens is 3. The fraction of sp³-hybridized carbons (Fsp3) is 0.0833. The van der Waals surface area contributed by atoms with Crippen LogP contribution >= 0.6 is 27.5 Å². The molecule has 0 saturated carbocycles. The summed E-state index contributed by atoms with van der Waals surface area (Å²) in [6.07, 6.45) is 1.20. The number of aromatic nitrogens is 1. The number of ketones is 1. The molecule has 8 heteroatoms. The summed E-state index contributed by atoms with van der Waals surface area (Å²) in [4.78, 5) is 36.4. The van der Waals surface area contributed by atoms with E-state index in [1.165, 1.54) is 6.20 Å². The zero-order chi connectivity index (χ0) is 15.0. The Morgan fingerprint density at radius 2 is 2.05 bits per heavy atom. The highest BCUT2D eigenvalue weighted by Crippen LogP contribution is 2.37. The Kier molecular flexibility index (Phi) is 3.92. The van der Waals surface area contributed by atoms with Gasteiger partial charge in [0.05, 0.1) is 16.5 Å². The third-order valence-electron chi connectivity index (χ3n) is 2.49. The van der Waals surface area contributed by atoms with Crippen LogP contribution in [0.1, 0.15) is 17.3 Å². The number of Topliss-reactive ketones (excluding diaryl/α,β-unsaturated/α-hetero) is 1. The van der Waals surface area contributed by atoms with Gasteiger partial charge in [-0.1, -0.05) is 0 Å². The van der Waals surface area contributed by atoms with E-state index in [4.69, 9.17) is 16.3 Å². The van der Waals surface area contributed by atoms with E-state index in [1.54, 1.807) is 0 Å². The van der Waals surface area contributed by atoms with Gasteiger partial charge in [-0.3, -0.25) is 14.4 Å². The molecule has 0 unspecified atom stereocenters. The van der Waals surface area contributed by atoms with Crippen molar-refractivity contribution in [1.82, 2.24) is 4.98 Å². The first-order valence-electron chi connectivity index (χ1n) is 5.24. The van der Waals surface area contributed by atoms with Gasteiger partial charge < -0.3 is 9.72 Å². The number of ether oxygens (including phenoxy) is 1. The molecule has 1 aromatic carbocycles. The Bertz CT molecular complexity index is 755. The summed E-state index contributed by atoms with van der Waals surface area (Å²) in [5, 5.41) is -1.24. The molecule has 1 aromatic heterocycles. The first-order chi connectivity index (χ1) is 9.32. The van der Waals surface area contributed by atoms with Crippen molar-refractivity contribution in [3.8, 4) is 5.75 Å². The molecule has 0 aliphatic carbocycles. The van der Waals surface area contributed by atoms with Gasteiger partial charge >= 0.3 is 5.97 Å². The average molecular weight is 363 g/mol. The Morgan fingerprint density at radius 1 is 1.40 bits per heavy atom. The van der Waals surface area contributed by atoms with Crippen LogP contribution in [0.4, 0.5) is 4.39 Å². The molecular weight excluding hydrogens is 356 g/mol. The van der Waals surface area contributed by atoms with Crippen molar-refractivity contribution in [2.24, 2.45) is 0 Å². The van der Waals surface area contributed by atoms with Gasteiger partial charge in [-0.05, 0) is 33.6 Å². The van der Waals surface area contributed by atoms with E-state index in [-0.39, 0.29) is 10.9 Å². The largest absolute Gasteiger partial charge is 0.423 e. The summed E-state index contributed by atoms with van der Waals surface area (Å²) >= 11 is 8.25. The second-order valence-corrected chi connectivity index (χ2v) is 5.02. The van der Waals surface area contributed by atoms with Gasteiger partial charge in [-0.2, -0.15) is 0 Å². The number of aromatic amines is 1. The van der Waals surface area contributed by atoms with Gasteiger partial charge in [-0.25, -0.2) is 4.39 Å². The number of esters is 1. The Hall–Kier alpha value is -1.73. The summed E-state index contributed by atoms with van der Waals surface area (Å²) in [6, 6.07) is 1.08. The SMILES string of the molecule is CC(=O)Oc1c(F)cc(Br)c2[nH]cc(C(=O)C(=O)Cl)c12. The lowest BCUT2D eigenvalue weighted by molar-refractivity contribution is -0.132. The first-order valence-corrected chi connectivity index (χ1v) is 6.41. The molecule has 0 fully saturated rings. The highest BCUT2D eigenvalue weighted by molar-refractivity contribution is 9.10. The second-order valence-electron chi connectivity index (χ2n) is 3.82. The van der Waals surface area contributed by atoms with Gasteiger partial charge in [0.25, 0.3) is 5.24 Å². The van der Waals surface area contributed by atoms with Crippen LogP contribution in [0.15, 0.2) is 16.7 Å². The maximum Gasteiger partial charge on any atom is 0.308 e. The summed E-state index contributed by atoms with van der Waals surface area (Å²) < 4.78 is 19.0. The Labute approximate surface area is 125 Å². The van der Waals surface area contributed by atoms with Crippen LogP contribution < -0.4 is 4.74 Å². The molecule has 104 valence electrons. The van der Waals surface area contributed by atoms with Crippen LogP contribution in [-0.2, 0) is 9.59 Å². The third kappa shape index (κ3) is 2.46. The quantitative estimate of drug-likeness (QED) is 0.299. The number of carbonyl (C=O) groups is 3. The van der Waals surface area contributed by atoms with Crippen LogP contribution in [-0.4, -0.2) is 22.0 Å². The van der Waals surface area contributed by atoms with Gasteiger partial charge in [0.1, 0.15) is 0 Å². The van der Waals surface area contributed by atoms with Crippen molar-refractivity contribution in [3.63, 3.8) is 0 Å². The highest BCUT2D eigenvalue weighted by atomic mass is 79.9. The lowest BCUT2D eigenvalue weighted by Gasteiger charge is -2.07. The number of hydrogen-bond donors (Lipinski definition) is 1. The lowest BCUT2D eigenvalue weighted by Crippen LogP contribution is -2.09. The number of rotatable bonds is 3. The predicted molar refractivity (Wildman–Crippen MR) is 72.5 cm³/mol. The molecule has 2 aromatic rings. The van der Waals surface area contributed by atoms with Crippen molar-refractivity contribution >= 4 is 55.4 Å². The van der Waals surface area contributed by atoms with Crippen LogP contribution in [0, 0.1) is 5.82 Å². The third-order valence-corrected chi connectivity index (χ3v) is 3.28. The zero-order valence-electron chi connectivity index (χ0n) is 9.92. The Morgan fingerprint density at radius 3 is 2.60 bits per heavy atom. The first kappa shape index (κ1) is 14.7. The molecule has 0 spiro atoms. The zero-order valence-corrected chi connectivity index (χ0v) is 12.3. The number of hydrogen-bond acceptors (Lipinski definition) is 4. The number of fused-ring (bicyclic) bond motifs is 1. The van der Waals surface area contributed by atoms with Crippen molar-refractivity contribution in [2.75, 3.05) is 0 Å². The molecule has 2 rings (SSSR count). The molecule has 1 heterocycles.